The minimum Gasteiger partial charge on any atom is -0.325 e. The molecule has 1 nitrogen and oxygen atoms in total. The number of unbranched alkanes of at least 4 members (excludes halogenated alkanes) is 12. The Morgan fingerprint density at radius 2 is 0.857 bits per heavy atom. The second kappa shape index (κ2) is 22.4. The number of hydrogen-bond acceptors (Lipinski definition) is 1. The van der Waals surface area contributed by atoms with E-state index >= 15 is 0 Å². The average Bonchev–Trinajstić information content (AvgIpc) is 2.68. The van der Waals surface area contributed by atoms with E-state index in [0.29, 0.717) is 0 Å². The zero-order chi connectivity index (χ0) is 20.2. The van der Waals surface area contributed by atoms with Crippen molar-refractivity contribution in [2.75, 3.05) is 0 Å². The number of halogens is 1. The second-order valence-electron chi connectivity index (χ2n) is 9.25. The van der Waals surface area contributed by atoms with Gasteiger partial charge in [0.2, 0.25) is 0 Å². The summed E-state index contributed by atoms with van der Waals surface area (Å²) in [5.74, 6) is 0.754. The molecule has 172 valence electrons. The molecular formula is C26H56IN. The topological polar surface area (TPSA) is 26.0 Å². The van der Waals surface area contributed by atoms with Crippen LogP contribution in [-0.2, 0) is 0 Å². The number of nitrogens with two attached hydrogens (primary N) is 1. The van der Waals surface area contributed by atoms with Crippen LogP contribution in [0.2, 0.25) is 0 Å². The Hall–Kier alpha value is 0.690. The van der Waals surface area contributed by atoms with E-state index in [-0.39, 0.29) is 29.5 Å². The van der Waals surface area contributed by atoms with Gasteiger partial charge in [-0.05, 0) is 31.6 Å². The fourth-order valence-corrected chi connectivity index (χ4v) is 4.59. The summed E-state index contributed by atoms with van der Waals surface area (Å²) in [6.07, 6.45) is 27.4. The molecule has 28 heavy (non-hydrogen) atoms. The Balaban J connectivity index is 0. The predicted molar refractivity (Wildman–Crippen MR) is 141 cm³/mol. The van der Waals surface area contributed by atoms with Gasteiger partial charge in [0.15, 0.2) is 0 Å². The summed E-state index contributed by atoms with van der Waals surface area (Å²) >= 11 is 0. The minimum absolute atomic E-state index is 0. The standard InChI is InChI=1S/C26H55N.HI/c1-5-9-13-14-15-16-17-18-19-20-22-25(21-10-6-2)26(27,23-11-7-3)24-12-8-4;/h25H,5-24,27H2,1-4H3;1H. The van der Waals surface area contributed by atoms with Gasteiger partial charge in [0.05, 0.1) is 0 Å². The maximum absolute atomic E-state index is 7.08. The Morgan fingerprint density at radius 1 is 0.500 bits per heavy atom. The lowest BCUT2D eigenvalue weighted by Gasteiger charge is -2.39. The van der Waals surface area contributed by atoms with Crippen molar-refractivity contribution in [3.8, 4) is 0 Å². The first-order chi connectivity index (χ1) is 13.1. The Kier molecular flexibility index (Phi) is 24.7. The van der Waals surface area contributed by atoms with E-state index in [1.165, 1.54) is 128 Å². The highest BCUT2D eigenvalue weighted by molar-refractivity contribution is 14.0. The lowest BCUT2D eigenvalue weighted by atomic mass is 9.72. The SMILES string of the molecule is CCCCCCCCCCCCC(CCCC)C(N)(CCCC)CCCC.I. The molecule has 0 fully saturated rings. The molecule has 1 unspecified atom stereocenters. The fraction of sp³-hybridized carbons (Fsp3) is 1.00. The Morgan fingerprint density at radius 3 is 1.29 bits per heavy atom. The van der Waals surface area contributed by atoms with Gasteiger partial charge >= 0.3 is 0 Å². The average molecular weight is 510 g/mol. The molecule has 2 N–H and O–H groups in total. The molecule has 0 heterocycles. The van der Waals surface area contributed by atoms with Crippen LogP contribution in [0, 0.1) is 5.92 Å². The highest BCUT2D eigenvalue weighted by atomic mass is 127. The normalized spacial score (nSPS) is 12.8. The van der Waals surface area contributed by atoms with Crippen LogP contribution in [0.4, 0.5) is 0 Å². The largest absolute Gasteiger partial charge is 0.325 e. The molecular weight excluding hydrogens is 453 g/mol. The van der Waals surface area contributed by atoms with Gasteiger partial charge in [-0.25, -0.2) is 0 Å². The molecule has 0 aliphatic rings. The molecule has 0 saturated carbocycles. The Bertz CT molecular complexity index is 284. The summed E-state index contributed by atoms with van der Waals surface area (Å²) in [4.78, 5) is 0. The van der Waals surface area contributed by atoms with E-state index < -0.39 is 0 Å². The molecule has 1 atom stereocenters. The molecule has 0 aliphatic heterocycles. The quantitative estimate of drug-likeness (QED) is 0.121. The van der Waals surface area contributed by atoms with Crippen molar-refractivity contribution in [2.24, 2.45) is 11.7 Å². The van der Waals surface area contributed by atoms with Crippen LogP contribution in [-0.4, -0.2) is 5.54 Å². The molecule has 0 aliphatic carbocycles. The van der Waals surface area contributed by atoms with E-state index in [4.69, 9.17) is 5.73 Å². The van der Waals surface area contributed by atoms with Crippen molar-refractivity contribution in [3.63, 3.8) is 0 Å². The predicted octanol–water partition coefficient (Wildman–Crippen LogP) is 9.80. The van der Waals surface area contributed by atoms with E-state index in [9.17, 15) is 0 Å². The van der Waals surface area contributed by atoms with Gasteiger partial charge in [0, 0.05) is 5.54 Å². The third-order valence-electron chi connectivity index (χ3n) is 6.62. The van der Waals surface area contributed by atoms with E-state index in [0.717, 1.165) is 5.92 Å². The van der Waals surface area contributed by atoms with Crippen LogP contribution in [0.1, 0.15) is 156 Å². The van der Waals surface area contributed by atoms with Crippen LogP contribution >= 0.6 is 24.0 Å². The molecule has 0 saturated heterocycles. The maximum atomic E-state index is 7.08. The first-order valence-electron chi connectivity index (χ1n) is 12.9. The summed E-state index contributed by atoms with van der Waals surface area (Å²) in [6, 6.07) is 0. The third-order valence-corrected chi connectivity index (χ3v) is 6.62. The van der Waals surface area contributed by atoms with Crippen LogP contribution in [0.5, 0.6) is 0 Å². The van der Waals surface area contributed by atoms with Gasteiger partial charge in [-0.3, -0.25) is 0 Å². The van der Waals surface area contributed by atoms with Gasteiger partial charge in [0.25, 0.3) is 0 Å². The number of rotatable bonds is 21. The van der Waals surface area contributed by atoms with Gasteiger partial charge in [-0.2, -0.15) is 0 Å². The molecule has 0 aromatic rings. The van der Waals surface area contributed by atoms with E-state index in [1.54, 1.807) is 0 Å². The maximum Gasteiger partial charge on any atom is 0.0182 e. The van der Waals surface area contributed by atoms with Crippen LogP contribution in [0.3, 0.4) is 0 Å². The molecule has 0 bridgehead atoms. The molecule has 0 amide bonds. The molecule has 0 spiro atoms. The summed E-state index contributed by atoms with van der Waals surface area (Å²) in [7, 11) is 0. The molecule has 0 aromatic carbocycles. The molecule has 0 radical (unpaired) electrons. The zero-order valence-corrected chi connectivity index (χ0v) is 22.5. The summed E-state index contributed by atoms with van der Waals surface area (Å²) in [5.41, 5.74) is 7.19. The van der Waals surface area contributed by atoms with Crippen molar-refractivity contribution >= 4 is 24.0 Å². The minimum atomic E-state index is 0. The highest BCUT2D eigenvalue weighted by Crippen LogP contribution is 2.34. The summed E-state index contributed by atoms with van der Waals surface area (Å²) in [6.45, 7) is 9.25. The van der Waals surface area contributed by atoms with Crippen molar-refractivity contribution in [1.82, 2.24) is 0 Å². The second-order valence-corrected chi connectivity index (χ2v) is 9.25. The summed E-state index contributed by atoms with van der Waals surface area (Å²) in [5, 5.41) is 0. The van der Waals surface area contributed by atoms with Gasteiger partial charge < -0.3 is 5.73 Å². The fourth-order valence-electron chi connectivity index (χ4n) is 4.59. The lowest BCUT2D eigenvalue weighted by Crippen LogP contribution is -2.47. The van der Waals surface area contributed by atoms with Gasteiger partial charge in [-0.15, -0.1) is 24.0 Å². The van der Waals surface area contributed by atoms with Crippen LogP contribution < -0.4 is 5.73 Å². The summed E-state index contributed by atoms with van der Waals surface area (Å²) < 4.78 is 0. The van der Waals surface area contributed by atoms with Crippen molar-refractivity contribution < 1.29 is 0 Å². The van der Waals surface area contributed by atoms with E-state index in [1.807, 2.05) is 0 Å². The first kappa shape index (κ1) is 30.9. The molecule has 2 heteroatoms. The van der Waals surface area contributed by atoms with Crippen molar-refractivity contribution in [2.45, 2.75) is 162 Å². The van der Waals surface area contributed by atoms with Crippen LogP contribution in [0.15, 0.2) is 0 Å². The van der Waals surface area contributed by atoms with Crippen molar-refractivity contribution in [1.29, 1.82) is 0 Å². The monoisotopic (exact) mass is 509 g/mol. The van der Waals surface area contributed by atoms with Crippen molar-refractivity contribution in [3.05, 3.63) is 0 Å². The lowest BCUT2D eigenvalue weighted by molar-refractivity contribution is 0.193. The van der Waals surface area contributed by atoms with Crippen LogP contribution in [0.25, 0.3) is 0 Å². The highest BCUT2D eigenvalue weighted by Gasteiger charge is 2.32. The Labute approximate surface area is 196 Å². The van der Waals surface area contributed by atoms with Gasteiger partial charge in [0.1, 0.15) is 0 Å². The molecule has 0 rings (SSSR count). The third kappa shape index (κ3) is 16.5. The number of hydrogen-bond donors (Lipinski definition) is 1. The van der Waals surface area contributed by atoms with E-state index in [2.05, 4.69) is 27.7 Å². The first-order valence-corrected chi connectivity index (χ1v) is 12.9. The molecule has 0 aromatic heterocycles. The zero-order valence-electron chi connectivity index (χ0n) is 20.2. The smallest absolute Gasteiger partial charge is 0.0182 e. The van der Waals surface area contributed by atoms with Gasteiger partial charge in [-0.1, -0.05) is 130 Å².